The minimum absolute atomic E-state index is 0.382. The fraction of sp³-hybridized carbons (Fsp3) is 0.0909. The number of imide groups is 1. The Labute approximate surface area is 174 Å². The summed E-state index contributed by atoms with van der Waals surface area (Å²) in [5.74, 6) is -0.767. The van der Waals surface area contributed by atoms with Crippen molar-refractivity contribution in [1.29, 1.82) is 0 Å². The average molecular weight is 449 g/mol. The maximum Gasteiger partial charge on any atom is 0.259 e. The third-order valence-corrected chi connectivity index (χ3v) is 5.93. The highest BCUT2D eigenvalue weighted by molar-refractivity contribution is 9.10. The van der Waals surface area contributed by atoms with E-state index in [0.29, 0.717) is 16.8 Å². The van der Waals surface area contributed by atoms with Crippen LogP contribution in [0, 0.1) is 0 Å². The van der Waals surface area contributed by atoms with Crippen LogP contribution < -0.4 is 11.1 Å². The molecule has 0 saturated heterocycles. The highest BCUT2D eigenvalue weighted by atomic mass is 79.9. The number of hydrogen-bond donors (Lipinski definition) is 2. The molecule has 0 aliphatic carbocycles. The summed E-state index contributed by atoms with van der Waals surface area (Å²) in [7, 11) is 3.82. The summed E-state index contributed by atoms with van der Waals surface area (Å²) in [6.07, 6.45) is 3.77. The summed E-state index contributed by atoms with van der Waals surface area (Å²) >= 11 is 3.49. The molecular formula is C22H17BrN4O2. The molecule has 4 aromatic rings. The number of rotatable bonds is 2. The van der Waals surface area contributed by atoms with Crippen molar-refractivity contribution in [3.05, 3.63) is 64.4 Å². The Bertz CT molecular complexity index is 1300. The number of aromatic nitrogens is 2. The van der Waals surface area contributed by atoms with E-state index in [2.05, 4.69) is 21.2 Å². The van der Waals surface area contributed by atoms with Crippen molar-refractivity contribution >= 4 is 66.4 Å². The van der Waals surface area contributed by atoms with Crippen molar-refractivity contribution in [3.8, 4) is 0 Å². The minimum Gasteiger partial charge on any atom is -0.399 e. The molecule has 7 heteroatoms. The SMILES string of the molecule is Cn1cc(C2=C(c3cn(C)c4cc(Br)ccc34)C(=O)NC2=O)c2ccc(N)cc21. The van der Waals surface area contributed by atoms with Crippen LogP contribution in [0.3, 0.4) is 0 Å². The monoisotopic (exact) mass is 448 g/mol. The molecule has 0 fully saturated rings. The van der Waals surface area contributed by atoms with Crippen molar-refractivity contribution in [2.75, 3.05) is 5.73 Å². The van der Waals surface area contributed by atoms with Gasteiger partial charge in [0.2, 0.25) is 0 Å². The van der Waals surface area contributed by atoms with Crippen molar-refractivity contribution in [3.63, 3.8) is 0 Å². The van der Waals surface area contributed by atoms with Crippen LogP contribution in [-0.2, 0) is 23.7 Å². The second-order valence-corrected chi connectivity index (χ2v) is 8.19. The zero-order chi connectivity index (χ0) is 20.4. The van der Waals surface area contributed by atoms with Gasteiger partial charge < -0.3 is 14.9 Å². The predicted molar refractivity (Wildman–Crippen MR) is 118 cm³/mol. The number of anilines is 1. The number of fused-ring (bicyclic) bond motifs is 2. The molecule has 0 bridgehead atoms. The fourth-order valence-electron chi connectivity index (χ4n) is 4.13. The first-order valence-electron chi connectivity index (χ1n) is 9.05. The summed E-state index contributed by atoms with van der Waals surface area (Å²) in [5, 5.41) is 4.27. The first-order valence-corrected chi connectivity index (χ1v) is 9.84. The first-order chi connectivity index (χ1) is 13.8. The van der Waals surface area contributed by atoms with Gasteiger partial charge in [-0.25, -0.2) is 0 Å². The summed E-state index contributed by atoms with van der Waals surface area (Å²) in [6, 6.07) is 11.4. The lowest BCUT2D eigenvalue weighted by atomic mass is 9.95. The third-order valence-electron chi connectivity index (χ3n) is 5.44. The molecule has 2 amide bonds. The molecule has 0 radical (unpaired) electrons. The quantitative estimate of drug-likeness (QED) is 0.363. The van der Waals surface area contributed by atoms with Crippen molar-refractivity contribution in [2.45, 2.75) is 0 Å². The number of amides is 2. The average Bonchev–Trinajstić information content (AvgIpc) is 3.26. The zero-order valence-electron chi connectivity index (χ0n) is 15.8. The standard InChI is InChI=1S/C22H17BrN4O2/c1-26-9-15(13-5-3-11(23)7-17(13)26)19-20(22(29)25-21(19)28)16-10-27(2)18-8-12(24)4-6-14(16)18/h3-10H,24H2,1-2H3,(H,25,28,29). The van der Waals surface area contributed by atoms with E-state index in [0.717, 1.165) is 37.4 Å². The number of nitrogens with two attached hydrogens (primary N) is 1. The molecule has 2 aromatic carbocycles. The summed E-state index contributed by atoms with van der Waals surface area (Å²) in [6.45, 7) is 0. The van der Waals surface area contributed by atoms with E-state index in [9.17, 15) is 9.59 Å². The van der Waals surface area contributed by atoms with Crippen LogP contribution in [0.5, 0.6) is 0 Å². The summed E-state index contributed by atoms with van der Waals surface area (Å²) < 4.78 is 4.83. The van der Waals surface area contributed by atoms with Gasteiger partial charge in [-0.05, 0) is 24.3 Å². The van der Waals surface area contributed by atoms with Gasteiger partial charge in [0.25, 0.3) is 11.8 Å². The van der Waals surface area contributed by atoms with Crippen molar-refractivity contribution in [1.82, 2.24) is 14.5 Å². The number of nitrogens with zero attached hydrogens (tertiary/aromatic N) is 2. The van der Waals surface area contributed by atoms with E-state index in [1.165, 1.54) is 0 Å². The Morgan fingerprint density at radius 3 is 1.93 bits per heavy atom. The second-order valence-electron chi connectivity index (χ2n) is 7.28. The first kappa shape index (κ1) is 17.8. The molecule has 0 saturated carbocycles. The minimum atomic E-state index is -0.386. The van der Waals surface area contributed by atoms with E-state index in [-0.39, 0.29) is 11.8 Å². The highest BCUT2D eigenvalue weighted by Crippen LogP contribution is 2.39. The van der Waals surface area contributed by atoms with E-state index >= 15 is 0 Å². The van der Waals surface area contributed by atoms with Gasteiger partial charge in [-0.15, -0.1) is 0 Å². The zero-order valence-corrected chi connectivity index (χ0v) is 17.4. The Hall–Kier alpha value is -3.32. The second kappa shape index (κ2) is 6.09. The number of aryl methyl sites for hydroxylation is 2. The van der Waals surface area contributed by atoms with Crippen LogP contribution in [0.4, 0.5) is 5.69 Å². The van der Waals surface area contributed by atoms with Crippen LogP contribution in [0.1, 0.15) is 11.1 Å². The molecule has 29 heavy (non-hydrogen) atoms. The van der Waals surface area contributed by atoms with Gasteiger partial charge in [0.05, 0.1) is 16.7 Å². The normalized spacial score (nSPS) is 14.4. The maximum absolute atomic E-state index is 12.9. The van der Waals surface area contributed by atoms with Gasteiger partial charge in [0, 0.05) is 64.1 Å². The van der Waals surface area contributed by atoms with Crippen LogP contribution in [0.2, 0.25) is 0 Å². The van der Waals surface area contributed by atoms with Gasteiger partial charge in [0.15, 0.2) is 0 Å². The molecule has 0 atom stereocenters. The number of hydrogen-bond acceptors (Lipinski definition) is 3. The van der Waals surface area contributed by atoms with Gasteiger partial charge in [-0.1, -0.05) is 28.1 Å². The Morgan fingerprint density at radius 2 is 1.34 bits per heavy atom. The predicted octanol–water partition coefficient (Wildman–Crippen LogP) is 3.58. The van der Waals surface area contributed by atoms with Gasteiger partial charge in [0.1, 0.15) is 0 Å². The number of nitrogens with one attached hydrogen (secondary N) is 1. The maximum atomic E-state index is 12.9. The molecule has 2 aromatic heterocycles. The van der Waals surface area contributed by atoms with Gasteiger partial charge >= 0.3 is 0 Å². The number of halogens is 1. The molecular weight excluding hydrogens is 432 g/mol. The van der Waals surface area contributed by atoms with Gasteiger partial charge in [-0.2, -0.15) is 0 Å². The molecule has 1 aliphatic rings. The summed E-state index contributed by atoms with van der Waals surface area (Å²) in [5.41, 5.74) is 10.7. The van der Waals surface area contributed by atoms with E-state index in [4.69, 9.17) is 5.73 Å². The number of nitrogen functional groups attached to an aromatic ring is 1. The molecule has 1 aliphatic heterocycles. The molecule has 6 nitrogen and oxygen atoms in total. The van der Waals surface area contributed by atoms with Gasteiger partial charge in [-0.3, -0.25) is 14.9 Å². The Kier molecular flexibility index (Phi) is 3.73. The molecule has 0 spiro atoms. The lowest BCUT2D eigenvalue weighted by Crippen LogP contribution is -2.22. The topological polar surface area (TPSA) is 82.0 Å². The largest absolute Gasteiger partial charge is 0.399 e. The molecule has 144 valence electrons. The van der Waals surface area contributed by atoms with E-state index < -0.39 is 0 Å². The Morgan fingerprint density at radius 1 is 0.828 bits per heavy atom. The smallest absolute Gasteiger partial charge is 0.259 e. The van der Waals surface area contributed by atoms with Crippen LogP contribution in [-0.4, -0.2) is 20.9 Å². The molecule has 5 rings (SSSR count). The van der Waals surface area contributed by atoms with Crippen LogP contribution in [0.25, 0.3) is 33.0 Å². The molecule has 3 heterocycles. The third kappa shape index (κ3) is 2.54. The Balaban J connectivity index is 1.86. The van der Waals surface area contributed by atoms with Crippen LogP contribution in [0.15, 0.2) is 53.3 Å². The lowest BCUT2D eigenvalue weighted by molar-refractivity contribution is -0.122. The highest BCUT2D eigenvalue weighted by Gasteiger charge is 2.35. The van der Waals surface area contributed by atoms with E-state index in [1.54, 1.807) is 6.07 Å². The van der Waals surface area contributed by atoms with Crippen molar-refractivity contribution < 1.29 is 9.59 Å². The molecule has 3 N–H and O–H groups in total. The van der Waals surface area contributed by atoms with E-state index in [1.807, 2.05) is 66.0 Å². The number of carbonyl (C=O) groups excluding carboxylic acids is 2. The lowest BCUT2D eigenvalue weighted by Gasteiger charge is -2.03. The number of carbonyl (C=O) groups is 2. The molecule has 0 unspecified atom stereocenters. The van der Waals surface area contributed by atoms with Crippen LogP contribution >= 0.6 is 15.9 Å². The van der Waals surface area contributed by atoms with Crippen molar-refractivity contribution in [2.24, 2.45) is 14.1 Å². The summed E-state index contributed by atoms with van der Waals surface area (Å²) in [4.78, 5) is 25.7. The number of benzene rings is 2. The fourth-order valence-corrected chi connectivity index (χ4v) is 4.47.